The van der Waals surface area contributed by atoms with Crippen LogP contribution in [0.4, 0.5) is 10.1 Å². The molecule has 1 atom stereocenters. The molecule has 2 aromatic rings. The maximum Gasteiger partial charge on any atom is 0.239 e. The highest BCUT2D eigenvalue weighted by atomic mass is 32.1. The quantitative estimate of drug-likeness (QED) is 0.883. The zero-order valence-corrected chi connectivity index (χ0v) is 13.9. The lowest BCUT2D eigenvalue weighted by Crippen LogP contribution is -2.42. The largest absolute Gasteiger partial charge is 0.358 e. The molecule has 0 unspecified atom stereocenters. The van der Waals surface area contributed by atoms with E-state index in [0.29, 0.717) is 12.1 Å². The molecule has 23 heavy (non-hydrogen) atoms. The first-order valence-electron chi connectivity index (χ1n) is 7.31. The number of carbonyl (C=O) groups excluding carboxylic acids is 2. The van der Waals surface area contributed by atoms with Gasteiger partial charge in [-0.25, -0.2) is 4.39 Å². The van der Waals surface area contributed by atoms with Crippen LogP contribution in [0, 0.1) is 11.7 Å². The average Bonchev–Trinajstić information content (AvgIpc) is 3.04. The van der Waals surface area contributed by atoms with Crippen LogP contribution in [0.1, 0.15) is 11.8 Å². The number of rotatable bonds is 6. The second-order valence-corrected chi connectivity index (χ2v) is 6.29. The van der Waals surface area contributed by atoms with Gasteiger partial charge in [-0.2, -0.15) is 0 Å². The molecule has 1 N–H and O–H groups in total. The lowest BCUT2D eigenvalue weighted by Gasteiger charge is -2.25. The smallest absolute Gasteiger partial charge is 0.239 e. The molecule has 0 aliphatic carbocycles. The van der Waals surface area contributed by atoms with E-state index in [4.69, 9.17) is 0 Å². The van der Waals surface area contributed by atoms with Gasteiger partial charge in [0.2, 0.25) is 11.8 Å². The lowest BCUT2D eigenvalue weighted by atomic mass is 10.0. The van der Waals surface area contributed by atoms with Gasteiger partial charge in [0, 0.05) is 23.5 Å². The van der Waals surface area contributed by atoms with E-state index in [1.807, 2.05) is 24.4 Å². The summed E-state index contributed by atoms with van der Waals surface area (Å²) in [5.41, 5.74) is 0.386. The summed E-state index contributed by atoms with van der Waals surface area (Å²) in [6.45, 7) is 1.69. The molecule has 1 heterocycles. The fourth-order valence-electron chi connectivity index (χ4n) is 2.25. The first-order chi connectivity index (χ1) is 11.0. The Morgan fingerprint density at radius 1 is 1.30 bits per heavy atom. The van der Waals surface area contributed by atoms with Crippen molar-refractivity contribution in [2.24, 2.45) is 5.92 Å². The van der Waals surface area contributed by atoms with E-state index < -0.39 is 5.82 Å². The van der Waals surface area contributed by atoms with Gasteiger partial charge in [-0.05, 0) is 36.1 Å². The van der Waals surface area contributed by atoms with Crippen LogP contribution in [0.15, 0.2) is 41.8 Å². The minimum Gasteiger partial charge on any atom is -0.358 e. The van der Waals surface area contributed by atoms with Crippen LogP contribution in [0.25, 0.3) is 0 Å². The summed E-state index contributed by atoms with van der Waals surface area (Å²) >= 11 is 1.59. The van der Waals surface area contributed by atoms with Crippen molar-refractivity contribution in [3.63, 3.8) is 0 Å². The molecule has 0 saturated heterocycles. The summed E-state index contributed by atoms with van der Waals surface area (Å²) in [5.74, 6) is -1.25. The number of anilines is 1. The van der Waals surface area contributed by atoms with E-state index in [-0.39, 0.29) is 24.3 Å². The fraction of sp³-hybridized carbons (Fsp3) is 0.294. The molecule has 0 saturated carbocycles. The van der Waals surface area contributed by atoms with Gasteiger partial charge < -0.3 is 10.2 Å². The number of nitrogens with one attached hydrogen (secondary N) is 1. The molecule has 0 aliphatic heterocycles. The molecular formula is C17H19FN2O2S. The molecular weight excluding hydrogens is 315 g/mol. The van der Waals surface area contributed by atoms with Gasteiger partial charge in [0.15, 0.2) is 0 Å². The van der Waals surface area contributed by atoms with Gasteiger partial charge in [-0.1, -0.05) is 19.1 Å². The normalized spacial score (nSPS) is 11.8. The monoisotopic (exact) mass is 334 g/mol. The van der Waals surface area contributed by atoms with E-state index in [2.05, 4.69) is 5.32 Å². The number of halogens is 1. The van der Waals surface area contributed by atoms with Crippen molar-refractivity contribution in [1.29, 1.82) is 0 Å². The average molecular weight is 334 g/mol. The van der Waals surface area contributed by atoms with Gasteiger partial charge >= 0.3 is 0 Å². The summed E-state index contributed by atoms with van der Waals surface area (Å²) < 4.78 is 13.5. The molecule has 6 heteroatoms. The number of thiophene rings is 1. The molecule has 2 amide bonds. The molecule has 0 radical (unpaired) electrons. The zero-order chi connectivity index (χ0) is 16.8. The van der Waals surface area contributed by atoms with Gasteiger partial charge in [0.05, 0.1) is 0 Å². The lowest BCUT2D eigenvalue weighted by molar-refractivity contribution is -0.125. The molecule has 0 spiro atoms. The maximum absolute atomic E-state index is 13.5. The summed E-state index contributed by atoms with van der Waals surface area (Å²) in [6.07, 6.45) is 0.593. The maximum atomic E-state index is 13.5. The Hall–Kier alpha value is -2.21. The number of carbonyl (C=O) groups is 2. The van der Waals surface area contributed by atoms with E-state index in [1.54, 1.807) is 17.4 Å². The predicted molar refractivity (Wildman–Crippen MR) is 90.0 cm³/mol. The minimum atomic E-state index is -0.442. The highest BCUT2D eigenvalue weighted by Gasteiger charge is 2.24. The Kier molecular flexibility index (Phi) is 5.87. The molecule has 0 bridgehead atoms. The Balaban J connectivity index is 2.21. The number of hydrogen-bond acceptors (Lipinski definition) is 3. The first-order valence-corrected chi connectivity index (χ1v) is 8.19. The van der Waals surface area contributed by atoms with Crippen LogP contribution in [0.3, 0.4) is 0 Å². The Labute approximate surface area is 138 Å². The van der Waals surface area contributed by atoms with Crippen LogP contribution in [-0.2, 0) is 16.0 Å². The second-order valence-electron chi connectivity index (χ2n) is 5.26. The van der Waals surface area contributed by atoms with E-state index in [1.165, 1.54) is 30.1 Å². The van der Waals surface area contributed by atoms with Gasteiger partial charge in [-0.3, -0.25) is 9.59 Å². The number of benzene rings is 1. The standard InChI is InChI=1S/C17H19FN2O2S/c1-12(9-15-7-4-8-23-15)17(22)20(11-16(21)19-2)14-6-3-5-13(18)10-14/h3-8,10,12H,9,11H2,1-2H3,(H,19,21)/t12-/m0/s1. The Morgan fingerprint density at radius 2 is 2.09 bits per heavy atom. The van der Waals surface area contributed by atoms with Crippen LogP contribution >= 0.6 is 11.3 Å². The predicted octanol–water partition coefficient (Wildman–Crippen LogP) is 2.85. The van der Waals surface area contributed by atoms with Gasteiger partial charge in [0.1, 0.15) is 12.4 Å². The van der Waals surface area contributed by atoms with E-state index >= 15 is 0 Å². The Bertz CT molecular complexity index is 673. The van der Waals surface area contributed by atoms with E-state index in [9.17, 15) is 14.0 Å². The van der Waals surface area contributed by atoms with Crippen LogP contribution in [0.5, 0.6) is 0 Å². The molecule has 0 fully saturated rings. The van der Waals surface area contributed by atoms with Gasteiger partial charge in [-0.15, -0.1) is 11.3 Å². The van der Waals surface area contributed by atoms with Crippen molar-refractivity contribution in [2.75, 3.05) is 18.5 Å². The molecule has 1 aromatic heterocycles. The third kappa shape index (κ3) is 4.63. The third-order valence-electron chi connectivity index (χ3n) is 3.48. The summed E-state index contributed by atoms with van der Waals surface area (Å²) in [7, 11) is 1.51. The van der Waals surface area contributed by atoms with Crippen molar-refractivity contribution in [1.82, 2.24) is 5.32 Å². The van der Waals surface area contributed by atoms with Crippen molar-refractivity contribution in [2.45, 2.75) is 13.3 Å². The molecule has 122 valence electrons. The highest BCUT2D eigenvalue weighted by Crippen LogP contribution is 2.21. The topological polar surface area (TPSA) is 49.4 Å². The second kappa shape index (κ2) is 7.87. The number of hydrogen-bond donors (Lipinski definition) is 1. The summed E-state index contributed by atoms with van der Waals surface area (Å²) in [6, 6.07) is 9.63. The summed E-state index contributed by atoms with van der Waals surface area (Å²) in [4.78, 5) is 26.9. The van der Waals surface area contributed by atoms with Gasteiger partial charge in [0.25, 0.3) is 0 Å². The van der Waals surface area contributed by atoms with E-state index in [0.717, 1.165) is 4.88 Å². The zero-order valence-electron chi connectivity index (χ0n) is 13.1. The summed E-state index contributed by atoms with van der Waals surface area (Å²) in [5, 5.41) is 4.45. The number of likely N-dealkylation sites (N-methyl/N-ethyl adjacent to an activating group) is 1. The molecule has 0 aliphatic rings. The molecule has 4 nitrogen and oxygen atoms in total. The number of nitrogens with zero attached hydrogens (tertiary/aromatic N) is 1. The highest BCUT2D eigenvalue weighted by molar-refractivity contribution is 7.09. The minimum absolute atomic E-state index is 0.131. The van der Waals surface area contributed by atoms with Crippen molar-refractivity contribution >= 4 is 28.8 Å². The SMILES string of the molecule is CNC(=O)CN(C(=O)[C@@H](C)Cc1cccs1)c1cccc(F)c1. The molecule has 2 rings (SSSR count). The van der Waals surface area contributed by atoms with Crippen molar-refractivity contribution in [3.8, 4) is 0 Å². The third-order valence-corrected chi connectivity index (χ3v) is 4.37. The Morgan fingerprint density at radius 3 is 2.70 bits per heavy atom. The van der Waals surface area contributed by atoms with Crippen molar-refractivity contribution < 1.29 is 14.0 Å². The van der Waals surface area contributed by atoms with Crippen LogP contribution in [0.2, 0.25) is 0 Å². The van der Waals surface area contributed by atoms with Crippen LogP contribution < -0.4 is 10.2 Å². The fourth-order valence-corrected chi connectivity index (χ4v) is 3.08. The van der Waals surface area contributed by atoms with Crippen molar-refractivity contribution in [3.05, 3.63) is 52.5 Å². The first kappa shape index (κ1) is 17.1. The number of amides is 2. The molecule has 1 aromatic carbocycles. The van der Waals surface area contributed by atoms with Crippen LogP contribution in [-0.4, -0.2) is 25.4 Å².